The fraction of sp³-hybridized carbons (Fsp3) is 0.304. The summed E-state index contributed by atoms with van der Waals surface area (Å²) in [7, 11) is 0. The molecule has 0 fully saturated rings. The van der Waals surface area contributed by atoms with Gasteiger partial charge in [0, 0.05) is 17.7 Å². The second kappa shape index (κ2) is 9.11. The molecule has 4 N–H and O–H groups in total. The van der Waals surface area contributed by atoms with Gasteiger partial charge in [0.15, 0.2) is 0 Å². The molecule has 0 spiro atoms. The van der Waals surface area contributed by atoms with Crippen LogP contribution in [0.1, 0.15) is 23.9 Å². The highest BCUT2D eigenvalue weighted by molar-refractivity contribution is 5.97. The number of amides is 1. The first-order valence-electron chi connectivity index (χ1n) is 9.76. The van der Waals surface area contributed by atoms with Gasteiger partial charge in [0.05, 0.1) is 18.9 Å². The van der Waals surface area contributed by atoms with E-state index in [4.69, 9.17) is 20.1 Å². The van der Waals surface area contributed by atoms with Gasteiger partial charge in [-0.2, -0.15) is 0 Å². The summed E-state index contributed by atoms with van der Waals surface area (Å²) in [5.41, 5.74) is 9.16. The molecule has 0 saturated carbocycles. The molecule has 3 rings (SSSR count). The Morgan fingerprint density at radius 3 is 2.40 bits per heavy atom. The van der Waals surface area contributed by atoms with E-state index in [2.05, 4.69) is 34.7 Å². The SMILES string of the molecule is Cc1noc(C)c1-c1ccc(CCOc2ccc(NC(=O)[C@@](C)(N)CO)cc2)cc1. The molecule has 1 atom stereocenters. The fourth-order valence-corrected chi connectivity index (χ4v) is 3.00. The Labute approximate surface area is 175 Å². The third-order valence-corrected chi connectivity index (χ3v) is 4.89. The van der Waals surface area contributed by atoms with E-state index in [9.17, 15) is 4.79 Å². The molecule has 158 valence electrons. The first kappa shape index (κ1) is 21.5. The molecule has 0 saturated heterocycles. The van der Waals surface area contributed by atoms with E-state index in [0.29, 0.717) is 18.0 Å². The van der Waals surface area contributed by atoms with Crippen molar-refractivity contribution in [1.82, 2.24) is 5.16 Å². The number of benzene rings is 2. The van der Waals surface area contributed by atoms with Gasteiger partial charge in [-0.1, -0.05) is 29.4 Å². The largest absolute Gasteiger partial charge is 0.493 e. The highest BCUT2D eigenvalue weighted by Crippen LogP contribution is 2.27. The molecule has 0 aliphatic rings. The summed E-state index contributed by atoms with van der Waals surface area (Å²) in [6.45, 7) is 5.42. The van der Waals surface area contributed by atoms with E-state index in [1.807, 2.05) is 13.8 Å². The third kappa shape index (κ3) is 5.06. The second-order valence-corrected chi connectivity index (χ2v) is 7.55. The van der Waals surface area contributed by atoms with Gasteiger partial charge in [-0.3, -0.25) is 4.79 Å². The summed E-state index contributed by atoms with van der Waals surface area (Å²) >= 11 is 0. The number of carbonyl (C=O) groups excluding carboxylic acids is 1. The van der Waals surface area contributed by atoms with Crippen molar-refractivity contribution in [2.45, 2.75) is 32.7 Å². The molecular formula is C23H27N3O4. The summed E-state index contributed by atoms with van der Waals surface area (Å²) in [5.74, 6) is 1.08. The Morgan fingerprint density at radius 1 is 1.17 bits per heavy atom. The Hall–Kier alpha value is -3.16. The van der Waals surface area contributed by atoms with Crippen molar-refractivity contribution < 1.29 is 19.2 Å². The molecular weight excluding hydrogens is 382 g/mol. The molecule has 0 aliphatic carbocycles. The number of nitrogens with zero attached hydrogens (tertiary/aromatic N) is 1. The van der Waals surface area contributed by atoms with E-state index in [0.717, 1.165) is 29.0 Å². The van der Waals surface area contributed by atoms with Crippen molar-refractivity contribution in [2.75, 3.05) is 18.5 Å². The van der Waals surface area contributed by atoms with Crippen LogP contribution in [0.4, 0.5) is 5.69 Å². The van der Waals surface area contributed by atoms with E-state index in [1.54, 1.807) is 24.3 Å². The zero-order valence-corrected chi connectivity index (χ0v) is 17.4. The van der Waals surface area contributed by atoms with Crippen molar-refractivity contribution >= 4 is 11.6 Å². The van der Waals surface area contributed by atoms with Crippen LogP contribution in [-0.2, 0) is 11.2 Å². The van der Waals surface area contributed by atoms with Crippen LogP contribution < -0.4 is 15.8 Å². The maximum atomic E-state index is 12.0. The van der Waals surface area contributed by atoms with E-state index < -0.39 is 18.1 Å². The number of aromatic nitrogens is 1. The van der Waals surface area contributed by atoms with Crippen LogP contribution in [0.15, 0.2) is 53.1 Å². The number of aliphatic hydroxyl groups excluding tert-OH is 1. The van der Waals surface area contributed by atoms with Gasteiger partial charge < -0.3 is 25.4 Å². The number of hydrogen-bond acceptors (Lipinski definition) is 6. The van der Waals surface area contributed by atoms with Crippen molar-refractivity contribution in [1.29, 1.82) is 0 Å². The number of nitrogens with one attached hydrogen (secondary N) is 1. The van der Waals surface area contributed by atoms with E-state index >= 15 is 0 Å². The van der Waals surface area contributed by atoms with Gasteiger partial charge >= 0.3 is 0 Å². The van der Waals surface area contributed by atoms with Crippen molar-refractivity contribution in [3.8, 4) is 16.9 Å². The normalized spacial score (nSPS) is 13.0. The van der Waals surface area contributed by atoms with Gasteiger partial charge in [0.25, 0.3) is 0 Å². The molecule has 2 aromatic carbocycles. The minimum Gasteiger partial charge on any atom is -0.493 e. The molecule has 7 nitrogen and oxygen atoms in total. The number of aliphatic hydroxyl groups is 1. The number of aryl methyl sites for hydroxylation is 2. The molecule has 1 amide bonds. The number of nitrogens with two attached hydrogens (primary N) is 1. The second-order valence-electron chi connectivity index (χ2n) is 7.55. The summed E-state index contributed by atoms with van der Waals surface area (Å²) in [4.78, 5) is 12.0. The zero-order chi connectivity index (χ0) is 21.7. The molecule has 0 aliphatic heterocycles. The maximum Gasteiger partial charge on any atom is 0.246 e. The molecule has 0 bridgehead atoms. The van der Waals surface area contributed by atoms with Crippen LogP contribution in [0, 0.1) is 13.8 Å². The molecule has 3 aromatic rings. The third-order valence-electron chi connectivity index (χ3n) is 4.89. The quantitative estimate of drug-likeness (QED) is 0.527. The molecule has 1 heterocycles. The predicted molar refractivity (Wildman–Crippen MR) is 115 cm³/mol. The van der Waals surface area contributed by atoms with Gasteiger partial charge in [0.1, 0.15) is 17.0 Å². The molecule has 7 heteroatoms. The lowest BCUT2D eigenvalue weighted by atomic mass is 10.0. The van der Waals surface area contributed by atoms with E-state index in [1.165, 1.54) is 12.5 Å². The minimum atomic E-state index is -1.32. The summed E-state index contributed by atoms with van der Waals surface area (Å²) in [6.07, 6.45) is 0.766. The average molecular weight is 409 g/mol. The Kier molecular flexibility index (Phi) is 6.54. The van der Waals surface area contributed by atoms with Crippen LogP contribution >= 0.6 is 0 Å². The zero-order valence-electron chi connectivity index (χ0n) is 17.4. The van der Waals surface area contributed by atoms with Crippen LogP contribution in [-0.4, -0.2) is 34.9 Å². The smallest absolute Gasteiger partial charge is 0.246 e. The number of rotatable bonds is 8. The minimum absolute atomic E-state index is 0.431. The Bertz CT molecular complexity index is 973. The molecule has 1 aromatic heterocycles. The summed E-state index contributed by atoms with van der Waals surface area (Å²) in [6, 6.07) is 15.3. The van der Waals surface area contributed by atoms with Crippen LogP contribution in [0.25, 0.3) is 11.1 Å². The van der Waals surface area contributed by atoms with Crippen LogP contribution in [0.2, 0.25) is 0 Å². The summed E-state index contributed by atoms with van der Waals surface area (Å²) in [5, 5.41) is 15.8. The topological polar surface area (TPSA) is 111 Å². The highest BCUT2D eigenvalue weighted by atomic mass is 16.5. The average Bonchev–Trinajstić information content (AvgIpc) is 3.08. The Morgan fingerprint density at radius 2 is 1.83 bits per heavy atom. The number of hydrogen-bond donors (Lipinski definition) is 3. The monoisotopic (exact) mass is 409 g/mol. The molecule has 0 radical (unpaired) electrons. The van der Waals surface area contributed by atoms with Gasteiger partial charge in [-0.25, -0.2) is 0 Å². The van der Waals surface area contributed by atoms with Gasteiger partial charge in [0.2, 0.25) is 5.91 Å². The standard InChI is InChI=1S/C23H27N3O4/c1-15-21(16(2)30-26-15)18-6-4-17(5-7-18)12-13-29-20-10-8-19(9-11-20)25-22(28)23(3,24)14-27/h4-11,27H,12-14,24H2,1-3H3,(H,25,28)/t23-/m0/s1. The van der Waals surface area contributed by atoms with Crippen LogP contribution in [0.5, 0.6) is 5.75 Å². The van der Waals surface area contributed by atoms with Gasteiger partial charge in [-0.15, -0.1) is 0 Å². The van der Waals surface area contributed by atoms with Crippen LogP contribution in [0.3, 0.4) is 0 Å². The predicted octanol–water partition coefficient (Wildman–Crippen LogP) is 3.23. The fourth-order valence-electron chi connectivity index (χ4n) is 3.00. The Balaban J connectivity index is 1.51. The lowest BCUT2D eigenvalue weighted by molar-refractivity contribution is -0.121. The van der Waals surface area contributed by atoms with Crippen molar-refractivity contribution in [2.24, 2.45) is 5.73 Å². The summed E-state index contributed by atoms with van der Waals surface area (Å²) < 4.78 is 11.0. The number of ether oxygens (including phenoxy) is 1. The van der Waals surface area contributed by atoms with Crippen molar-refractivity contribution in [3.05, 3.63) is 65.5 Å². The number of carbonyl (C=O) groups is 1. The lowest BCUT2D eigenvalue weighted by Gasteiger charge is -2.20. The highest BCUT2D eigenvalue weighted by Gasteiger charge is 2.27. The van der Waals surface area contributed by atoms with Gasteiger partial charge in [-0.05, 0) is 56.2 Å². The first-order valence-corrected chi connectivity index (χ1v) is 9.76. The van der Waals surface area contributed by atoms with Crippen molar-refractivity contribution in [3.63, 3.8) is 0 Å². The maximum absolute atomic E-state index is 12.0. The number of anilines is 1. The molecule has 30 heavy (non-hydrogen) atoms. The lowest BCUT2D eigenvalue weighted by Crippen LogP contribution is -2.51. The molecule has 0 unspecified atom stereocenters. The first-order chi connectivity index (χ1) is 14.3. The van der Waals surface area contributed by atoms with E-state index in [-0.39, 0.29) is 0 Å².